The summed E-state index contributed by atoms with van der Waals surface area (Å²) in [7, 11) is 0. The van der Waals surface area contributed by atoms with Gasteiger partial charge in [0.05, 0.1) is 24.2 Å². The van der Waals surface area contributed by atoms with Gasteiger partial charge in [-0.3, -0.25) is 14.9 Å². The Morgan fingerprint density at radius 3 is 2.54 bits per heavy atom. The second-order valence-electron chi connectivity index (χ2n) is 5.44. The Hall–Kier alpha value is -2.98. The molecular formula is C18H17N3O5S2. The van der Waals surface area contributed by atoms with E-state index in [4.69, 9.17) is 9.47 Å². The molecule has 0 aliphatic carbocycles. The highest BCUT2D eigenvalue weighted by molar-refractivity contribution is 7.14. The number of nitrogens with one attached hydrogen (secondary N) is 1. The number of nitro groups is 1. The number of carbonyl (C=O) groups excluding carboxylic acids is 1. The third-order valence-electron chi connectivity index (χ3n) is 3.61. The number of thiazole rings is 1. The number of amides is 1. The average Bonchev–Trinajstić information content (AvgIpc) is 3.35. The van der Waals surface area contributed by atoms with Gasteiger partial charge in [0.15, 0.2) is 11.5 Å². The van der Waals surface area contributed by atoms with Gasteiger partial charge in [-0.15, -0.1) is 11.3 Å². The zero-order valence-electron chi connectivity index (χ0n) is 15.1. The van der Waals surface area contributed by atoms with Crippen LogP contribution in [0.2, 0.25) is 0 Å². The van der Waals surface area contributed by atoms with Crippen molar-refractivity contribution in [1.29, 1.82) is 0 Å². The number of nitro benzene ring substituents is 1. The van der Waals surface area contributed by atoms with E-state index in [1.165, 1.54) is 34.8 Å². The molecule has 0 fully saturated rings. The lowest BCUT2D eigenvalue weighted by Gasteiger charge is -2.13. The minimum absolute atomic E-state index is 0.0204. The minimum atomic E-state index is -0.578. The van der Waals surface area contributed by atoms with Gasteiger partial charge in [-0.05, 0) is 25.3 Å². The second-order valence-corrected chi connectivity index (χ2v) is 7.08. The predicted octanol–water partition coefficient (Wildman–Crippen LogP) is 4.83. The molecule has 146 valence electrons. The van der Waals surface area contributed by atoms with Gasteiger partial charge >= 0.3 is 0 Å². The molecule has 2 aromatic heterocycles. The number of ether oxygens (including phenoxy) is 2. The first-order valence-corrected chi connectivity index (χ1v) is 10.2. The fraction of sp³-hybridized carbons (Fsp3) is 0.222. The smallest absolute Gasteiger partial charge is 0.296 e. The molecule has 0 atom stereocenters. The molecular weight excluding hydrogens is 402 g/mol. The Kier molecular flexibility index (Phi) is 6.22. The third kappa shape index (κ3) is 4.29. The molecule has 0 bridgehead atoms. The van der Waals surface area contributed by atoms with Gasteiger partial charge in [0.25, 0.3) is 11.6 Å². The topological polar surface area (TPSA) is 104 Å². The maximum Gasteiger partial charge on any atom is 0.296 e. The molecule has 0 saturated heterocycles. The van der Waals surface area contributed by atoms with Crippen molar-refractivity contribution in [2.75, 3.05) is 18.5 Å². The summed E-state index contributed by atoms with van der Waals surface area (Å²) in [5, 5.41) is 20.2. The molecule has 0 aliphatic rings. The zero-order chi connectivity index (χ0) is 20.1. The summed E-state index contributed by atoms with van der Waals surface area (Å²) in [6.45, 7) is 4.23. The van der Waals surface area contributed by atoms with Crippen LogP contribution in [-0.4, -0.2) is 29.0 Å². The number of nitrogens with zero attached hydrogens (tertiary/aromatic N) is 2. The summed E-state index contributed by atoms with van der Waals surface area (Å²) >= 11 is 2.87. The van der Waals surface area contributed by atoms with Crippen molar-refractivity contribution in [3.63, 3.8) is 0 Å². The zero-order valence-corrected chi connectivity index (χ0v) is 16.8. The van der Waals surface area contributed by atoms with Crippen molar-refractivity contribution >= 4 is 40.0 Å². The number of carbonyl (C=O) groups is 1. The first kappa shape index (κ1) is 19.8. The van der Waals surface area contributed by atoms with Crippen LogP contribution in [0.3, 0.4) is 0 Å². The second kappa shape index (κ2) is 8.81. The Bertz CT molecular complexity index is 985. The fourth-order valence-corrected chi connectivity index (χ4v) is 3.93. The van der Waals surface area contributed by atoms with Crippen LogP contribution in [0.5, 0.6) is 11.5 Å². The molecule has 0 aliphatic heterocycles. The molecule has 0 saturated carbocycles. The van der Waals surface area contributed by atoms with E-state index in [0.717, 1.165) is 5.56 Å². The van der Waals surface area contributed by atoms with E-state index in [1.54, 1.807) is 19.2 Å². The van der Waals surface area contributed by atoms with E-state index < -0.39 is 10.8 Å². The van der Waals surface area contributed by atoms with E-state index in [0.29, 0.717) is 24.0 Å². The molecule has 1 amide bonds. The van der Waals surface area contributed by atoms with Crippen molar-refractivity contribution in [1.82, 2.24) is 4.98 Å². The van der Waals surface area contributed by atoms with Crippen LogP contribution in [0.15, 0.2) is 34.3 Å². The summed E-state index contributed by atoms with van der Waals surface area (Å²) in [6, 6.07) is 4.56. The Morgan fingerprint density at radius 2 is 1.93 bits per heavy atom. The number of rotatable bonds is 8. The Labute approximate surface area is 168 Å². The first-order chi connectivity index (χ1) is 13.5. The number of benzene rings is 1. The molecule has 0 radical (unpaired) electrons. The van der Waals surface area contributed by atoms with Gasteiger partial charge in [-0.25, -0.2) is 4.98 Å². The summed E-state index contributed by atoms with van der Waals surface area (Å²) in [4.78, 5) is 27.8. The number of aromatic nitrogens is 1. The molecule has 1 N–H and O–H groups in total. The molecule has 3 aromatic rings. The number of thiophene rings is 1. The van der Waals surface area contributed by atoms with Crippen LogP contribution >= 0.6 is 22.7 Å². The highest BCUT2D eigenvalue weighted by atomic mass is 32.1. The van der Waals surface area contributed by atoms with Crippen LogP contribution < -0.4 is 14.8 Å². The van der Waals surface area contributed by atoms with Crippen molar-refractivity contribution in [2.24, 2.45) is 0 Å². The molecule has 3 rings (SSSR count). The average molecular weight is 419 g/mol. The molecule has 2 heterocycles. The van der Waals surface area contributed by atoms with E-state index in [2.05, 4.69) is 10.3 Å². The number of anilines is 1. The lowest BCUT2D eigenvalue weighted by atomic mass is 10.2. The maximum absolute atomic E-state index is 12.6. The van der Waals surface area contributed by atoms with Crippen molar-refractivity contribution in [2.45, 2.75) is 13.8 Å². The summed E-state index contributed by atoms with van der Waals surface area (Å²) in [6.07, 6.45) is 0. The lowest BCUT2D eigenvalue weighted by molar-refractivity contribution is -0.384. The highest BCUT2D eigenvalue weighted by Gasteiger charge is 2.23. The molecule has 10 heteroatoms. The van der Waals surface area contributed by atoms with E-state index >= 15 is 0 Å². The SMILES string of the molecule is CCOc1cc(NC(=O)c2csc(-c3ccsc3)n2)c([N+](=O)[O-])cc1OCC. The van der Waals surface area contributed by atoms with E-state index in [-0.39, 0.29) is 22.8 Å². The molecule has 28 heavy (non-hydrogen) atoms. The summed E-state index contributed by atoms with van der Waals surface area (Å²) in [5.74, 6) is 0.0392. The van der Waals surface area contributed by atoms with Gasteiger partial charge in [0.2, 0.25) is 0 Å². The Balaban J connectivity index is 1.90. The molecule has 0 spiro atoms. The normalized spacial score (nSPS) is 10.5. The van der Waals surface area contributed by atoms with Gasteiger partial charge in [0.1, 0.15) is 16.4 Å². The van der Waals surface area contributed by atoms with Gasteiger partial charge < -0.3 is 14.8 Å². The standard InChI is InChI=1S/C18H17N3O5S2/c1-3-25-15-7-12(14(21(23)24)8-16(15)26-4-2)19-17(22)13-10-28-18(20-13)11-5-6-27-9-11/h5-10H,3-4H2,1-2H3,(H,19,22). The first-order valence-electron chi connectivity index (χ1n) is 8.41. The van der Waals surface area contributed by atoms with Crippen LogP contribution in [0.1, 0.15) is 24.3 Å². The minimum Gasteiger partial charge on any atom is -0.490 e. The maximum atomic E-state index is 12.6. The Morgan fingerprint density at radius 1 is 1.21 bits per heavy atom. The van der Waals surface area contributed by atoms with Gasteiger partial charge in [-0.2, -0.15) is 11.3 Å². The van der Waals surface area contributed by atoms with Crippen LogP contribution in [-0.2, 0) is 0 Å². The molecule has 8 nitrogen and oxygen atoms in total. The van der Waals surface area contributed by atoms with Crippen LogP contribution in [0.25, 0.3) is 10.6 Å². The van der Waals surface area contributed by atoms with Crippen LogP contribution in [0.4, 0.5) is 11.4 Å². The summed E-state index contributed by atoms with van der Waals surface area (Å²) in [5.41, 5.74) is 0.854. The van der Waals surface area contributed by atoms with Gasteiger partial charge in [-0.1, -0.05) is 0 Å². The monoisotopic (exact) mass is 419 g/mol. The van der Waals surface area contributed by atoms with E-state index in [9.17, 15) is 14.9 Å². The number of hydrogen-bond donors (Lipinski definition) is 1. The van der Waals surface area contributed by atoms with Crippen molar-refractivity contribution in [3.05, 3.63) is 50.1 Å². The molecule has 0 unspecified atom stereocenters. The lowest BCUT2D eigenvalue weighted by Crippen LogP contribution is -2.14. The third-order valence-corrected chi connectivity index (χ3v) is 5.19. The largest absolute Gasteiger partial charge is 0.490 e. The van der Waals surface area contributed by atoms with Gasteiger partial charge in [0, 0.05) is 22.4 Å². The fourth-order valence-electron chi connectivity index (χ4n) is 2.42. The summed E-state index contributed by atoms with van der Waals surface area (Å²) < 4.78 is 10.9. The quantitative estimate of drug-likeness (QED) is 0.414. The molecule has 1 aromatic carbocycles. The van der Waals surface area contributed by atoms with E-state index in [1.807, 2.05) is 16.8 Å². The number of hydrogen-bond acceptors (Lipinski definition) is 8. The van der Waals surface area contributed by atoms with Crippen LogP contribution in [0, 0.1) is 10.1 Å². The van der Waals surface area contributed by atoms with Crippen molar-refractivity contribution < 1.29 is 19.2 Å². The van der Waals surface area contributed by atoms with Crippen molar-refractivity contribution in [3.8, 4) is 22.1 Å². The highest BCUT2D eigenvalue weighted by Crippen LogP contribution is 2.38. The predicted molar refractivity (Wildman–Crippen MR) is 109 cm³/mol.